The maximum atomic E-state index is 5.64. The maximum Gasteiger partial charge on any atom is 0.180 e. The van der Waals surface area contributed by atoms with Crippen LogP contribution >= 0.6 is 11.3 Å². The van der Waals surface area contributed by atoms with E-state index in [0.29, 0.717) is 5.13 Å². The smallest absolute Gasteiger partial charge is 0.180 e. The van der Waals surface area contributed by atoms with Crippen molar-refractivity contribution in [2.24, 2.45) is 0 Å². The normalized spacial score (nSPS) is 10.8. The van der Waals surface area contributed by atoms with Crippen LogP contribution in [0.5, 0.6) is 0 Å². The molecule has 0 spiro atoms. The molecule has 0 aliphatic carbocycles. The van der Waals surface area contributed by atoms with Crippen LogP contribution in [-0.2, 0) is 0 Å². The third-order valence-corrected chi connectivity index (χ3v) is 3.11. The number of nitrogens with two attached hydrogens (primary N) is 1. The largest absolute Gasteiger partial charge is 0.375 e. The van der Waals surface area contributed by atoms with Crippen molar-refractivity contribution in [2.45, 2.75) is 0 Å². The molecular weight excluding hydrogens is 218 g/mol. The van der Waals surface area contributed by atoms with Crippen LogP contribution < -0.4 is 5.73 Å². The Balaban J connectivity index is 2.31. The Morgan fingerprint density at radius 1 is 1.12 bits per heavy atom. The van der Waals surface area contributed by atoms with Crippen LogP contribution in [0.25, 0.3) is 22.2 Å². The van der Waals surface area contributed by atoms with Crippen molar-refractivity contribution in [3.63, 3.8) is 0 Å². The molecular formula is C12H9N3S. The molecule has 0 atom stereocenters. The van der Waals surface area contributed by atoms with E-state index in [1.807, 2.05) is 29.6 Å². The van der Waals surface area contributed by atoms with E-state index in [2.05, 4.69) is 16.0 Å². The Hall–Kier alpha value is -1.94. The summed E-state index contributed by atoms with van der Waals surface area (Å²) in [5.41, 5.74) is 7.38. The number of benzene rings is 1. The van der Waals surface area contributed by atoms with E-state index in [4.69, 9.17) is 5.73 Å². The Morgan fingerprint density at radius 3 is 2.81 bits per heavy atom. The number of fused-ring (bicyclic) bond motifs is 1. The number of nitrogens with zero attached hydrogens (tertiary/aromatic N) is 2. The summed E-state index contributed by atoms with van der Waals surface area (Å²) in [6.45, 7) is 0. The second kappa shape index (κ2) is 3.57. The van der Waals surface area contributed by atoms with Gasteiger partial charge in [0, 0.05) is 17.0 Å². The first-order valence-corrected chi connectivity index (χ1v) is 5.78. The lowest BCUT2D eigenvalue weighted by Gasteiger charge is -2.01. The van der Waals surface area contributed by atoms with Gasteiger partial charge >= 0.3 is 0 Å². The number of hydrogen-bond donors (Lipinski definition) is 1. The highest BCUT2D eigenvalue weighted by Crippen LogP contribution is 2.27. The lowest BCUT2D eigenvalue weighted by atomic mass is 10.1. The first kappa shape index (κ1) is 9.30. The molecule has 0 bridgehead atoms. The van der Waals surface area contributed by atoms with Crippen molar-refractivity contribution in [1.82, 2.24) is 9.97 Å². The molecule has 0 aliphatic rings. The van der Waals surface area contributed by atoms with Gasteiger partial charge in [0.25, 0.3) is 0 Å². The Morgan fingerprint density at radius 2 is 2.00 bits per heavy atom. The summed E-state index contributed by atoms with van der Waals surface area (Å²) in [6, 6.07) is 10.1. The molecule has 2 N–H and O–H groups in total. The van der Waals surface area contributed by atoms with Crippen LogP contribution in [0.15, 0.2) is 41.9 Å². The van der Waals surface area contributed by atoms with Gasteiger partial charge in [-0.1, -0.05) is 24.3 Å². The second-order valence-electron chi connectivity index (χ2n) is 3.45. The SMILES string of the molecule is Nc1nc(-c2nccc3ccccc23)cs1. The van der Waals surface area contributed by atoms with Crippen LogP contribution in [0.1, 0.15) is 0 Å². The van der Waals surface area contributed by atoms with Crippen LogP contribution in [0.3, 0.4) is 0 Å². The number of thiazole rings is 1. The lowest BCUT2D eigenvalue weighted by Crippen LogP contribution is -1.87. The standard InChI is InChI=1S/C12H9N3S/c13-12-15-10(7-16-12)11-9-4-2-1-3-8(9)5-6-14-11/h1-7H,(H2,13,15). The Bertz CT molecular complexity index is 640. The summed E-state index contributed by atoms with van der Waals surface area (Å²) in [6.07, 6.45) is 1.80. The average molecular weight is 227 g/mol. The molecule has 78 valence electrons. The van der Waals surface area contributed by atoms with Crippen molar-refractivity contribution in [2.75, 3.05) is 5.73 Å². The fourth-order valence-corrected chi connectivity index (χ4v) is 2.27. The number of rotatable bonds is 1. The molecule has 0 amide bonds. The van der Waals surface area contributed by atoms with Crippen LogP contribution in [0, 0.1) is 0 Å². The zero-order valence-electron chi connectivity index (χ0n) is 8.42. The summed E-state index contributed by atoms with van der Waals surface area (Å²) in [5, 5.41) is 4.78. The Kier molecular flexibility index (Phi) is 2.08. The second-order valence-corrected chi connectivity index (χ2v) is 4.34. The van der Waals surface area contributed by atoms with E-state index in [0.717, 1.165) is 16.8 Å². The van der Waals surface area contributed by atoms with Gasteiger partial charge in [0.2, 0.25) is 0 Å². The molecule has 0 fully saturated rings. The molecule has 0 radical (unpaired) electrons. The molecule has 2 aromatic heterocycles. The summed E-state index contributed by atoms with van der Waals surface area (Å²) < 4.78 is 0. The average Bonchev–Trinajstić information content (AvgIpc) is 2.75. The molecule has 4 heteroatoms. The monoisotopic (exact) mass is 227 g/mol. The van der Waals surface area contributed by atoms with E-state index in [1.165, 1.54) is 16.7 Å². The summed E-state index contributed by atoms with van der Waals surface area (Å²) in [4.78, 5) is 8.64. The minimum Gasteiger partial charge on any atom is -0.375 e. The van der Waals surface area contributed by atoms with Gasteiger partial charge in [-0.15, -0.1) is 11.3 Å². The summed E-state index contributed by atoms with van der Waals surface area (Å²) in [7, 11) is 0. The first-order chi connectivity index (χ1) is 7.84. The number of hydrogen-bond acceptors (Lipinski definition) is 4. The van der Waals surface area contributed by atoms with Gasteiger partial charge in [-0.25, -0.2) is 4.98 Å². The summed E-state index contributed by atoms with van der Waals surface area (Å²) in [5.74, 6) is 0. The van der Waals surface area contributed by atoms with Crippen LogP contribution in [0.2, 0.25) is 0 Å². The van der Waals surface area contributed by atoms with E-state index < -0.39 is 0 Å². The number of anilines is 1. The Labute approximate surface area is 96.6 Å². The maximum absolute atomic E-state index is 5.64. The quantitative estimate of drug-likeness (QED) is 0.695. The zero-order valence-corrected chi connectivity index (χ0v) is 9.24. The van der Waals surface area contributed by atoms with Crippen molar-refractivity contribution in [3.05, 3.63) is 41.9 Å². The summed E-state index contributed by atoms with van der Waals surface area (Å²) >= 11 is 1.43. The predicted molar refractivity (Wildman–Crippen MR) is 67.3 cm³/mol. The van der Waals surface area contributed by atoms with E-state index in [1.54, 1.807) is 6.20 Å². The fraction of sp³-hybridized carbons (Fsp3) is 0. The molecule has 0 saturated carbocycles. The minimum absolute atomic E-state index is 0.574. The fourth-order valence-electron chi connectivity index (χ4n) is 1.72. The van der Waals surface area contributed by atoms with Gasteiger partial charge in [-0.05, 0) is 11.5 Å². The highest BCUT2D eigenvalue weighted by molar-refractivity contribution is 7.13. The molecule has 3 rings (SSSR count). The minimum atomic E-state index is 0.574. The van der Waals surface area contributed by atoms with E-state index >= 15 is 0 Å². The van der Waals surface area contributed by atoms with Gasteiger partial charge in [0.15, 0.2) is 5.13 Å². The topological polar surface area (TPSA) is 51.8 Å². The molecule has 2 heterocycles. The molecule has 16 heavy (non-hydrogen) atoms. The third-order valence-electron chi connectivity index (χ3n) is 2.44. The number of nitrogen functional groups attached to an aromatic ring is 1. The van der Waals surface area contributed by atoms with Crippen molar-refractivity contribution in [3.8, 4) is 11.4 Å². The van der Waals surface area contributed by atoms with Crippen LogP contribution in [0.4, 0.5) is 5.13 Å². The van der Waals surface area contributed by atoms with Gasteiger partial charge in [0.05, 0.1) is 5.69 Å². The zero-order chi connectivity index (χ0) is 11.0. The van der Waals surface area contributed by atoms with Gasteiger partial charge in [-0.2, -0.15) is 0 Å². The van der Waals surface area contributed by atoms with Crippen molar-refractivity contribution in [1.29, 1.82) is 0 Å². The highest BCUT2D eigenvalue weighted by atomic mass is 32.1. The molecule has 0 saturated heterocycles. The first-order valence-electron chi connectivity index (χ1n) is 4.90. The van der Waals surface area contributed by atoms with Crippen molar-refractivity contribution < 1.29 is 0 Å². The molecule has 0 unspecified atom stereocenters. The van der Waals surface area contributed by atoms with Crippen LogP contribution in [-0.4, -0.2) is 9.97 Å². The van der Waals surface area contributed by atoms with E-state index in [9.17, 15) is 0 Å². The molecule has 1 aromatic carbocycles. The predicted octanol–water partition coefficient (Wildman–Crippen LogP) is 2.94. The van der Waals surface area contributed by atoms with Gasteiger partial charge in [-0.3, -0.25) is 4.98 Å². The van der Waals surface area contributed by atoms with E-state index in [-0.39, 0.29) is 0 Å². The molecule has 0 aliphatic heterocycles. The van der Waals surface area contributed by atoms with Crippen molar-refractivity contribution >= 4 is 27.2 Å². The number of aromatic nitrogens is 2. The molecule has 3 aromatic rings. The van der Waals surface area contributed by atoms with Gasteiger partial charge in [0.1, 0.15) is 5.69 Å². The number of pyridine rings is 1. The third kappa shape index (κ3) is 1.44. The van der Waals surface area contributed by atoms with Gasteiger partial charge < -0.3 is 5.73 Å². The molecule has 3 nitrogen and oxygen atoms in total. The lowest BCUT2D eigenvalue weighted by molar-refractivity contribution is 1.31. The highest BCUT2D eigenvalue weighted by Gasteiger charge is 2.07.